The SMILES string of the molecule is CC(C)C1CCC(NCCc2c[nH]c3ccccc23)CC1. The summed E-state index contributed by atoms with van der Waals surface area (Å²) in [7, 11) is 0. The standard InChI is InChI=1S/C19H28N2/c1-14(2)15-7-9-17(10-8-15)20-12-11-16-13-21-19-6-4-3-5-18(16)19/h3-6,13-15,17,20-21H,7-12H2,1-2H3. The van der Waals surface area contributed by atoms with Crippen LogP contribution in [0, 0.1) is 11.8 Å². The number of rotatable bonds is 5. The van der Waals surface area contributed by atoms with Crippen molar-refractivity contribution in [3.8, 4) is 0 Å². The average molecular weight is 284 g/mol. The number of para-hydroxylation sites is 1. The van der Waals surface area contributed by atoms with E-state index in [1.807, 2.05) is 0 Å². The second-order valence-electron chi connectivity index (χ2n) is 6.92. The summed E-state index contributed by atoms with van der Waals surface area (Å²) in [5.41, 5.74) is 2.69. The second kappa shape index (κ2) is 6.65. The molecule has 0 atom stereocenters. The van der Waals surface area contributed by atoms with Crippen LogP contribution in [0.5, 0.6) is 0 Å². The number of nitrogens with one attached hydrogen (secondary N) is 2. The van der Waals surface area contributed by atoms with Crippen molar-refractivity contribution in [1.29, 1.82) is 0 Å². The molecule has 1 fully saturated rings. The summed E-state index contributed by atoms with van der Waals surface area (Å²) in [5, 5.41) is 5.15. The van der Waals surface area contributed by atoms with E-state index in [-0.39, 0.29) is 0 Å². The third kappa shape index (κ3) is 3.49. The number of hydrogen-bond acceptors (Lipinski definition) is 1. The van der Waals surface area contributed by atoms with Crippen LogP contribution in [0.25, 0.3) is 10.9 Å². The maximum Gasteiger partial charge on any atom is 0.0456 e. The summed E-state index contributed by atoms with van der Waals surface area (Å²) < 4.78 is 0. The smallest absolute Gasteiger partial charge is 0.0456 e. The Morgan fingerprint density at radius 3 is 2.67 bits per heavy atom. The molecule has 114 valence electrons. The summed E-state index contributed by atoms with van der Waals surface area (Å²) >= 11 is 0. The molecule has 0 saturated heterocycles. The van der Waals surface area contributed by atoms with Gasteiger partial charge in [-0.1, -0.05) is 32.0 Å². The lowest BCUT2D eigenvalue weighted by molar-refractivity contribution is 0.239. The maximum atomic E-state index is 3.77. The summed E-state index contributed by atoms with van der Waals surface area (Å²) in [6, 6.07) is 9.33. The quantitative estimate of drug-likeness (QED) is 0.830. The lowest BCUT2D eigenvalue weighted by Crippen LogP contribution is -2.35. The van der Waals surface area contributed by atoms with Gasteiger partial charge in [-0.05, 0) is 62.1 Å². The predicted octanol–water partition coefficient (Wildman–Crippen LogP) is 4.51. The van der Waals surface area contributed by atoms with Gasteiger partial charge in [0.25, 0.3) is 0 Å². The van der Waals surface area contributed by atoms with Gasteiger partial charge in [-0.25, -0.2) is 0 Å². The number of aromatic nitrogens is 1. The molecule has 0 aliphatic heterocycles. The molecule has 1 heterocycles. The molecule has 1 aliphatic rings. The number of H-pyrrole nitrogens is 1. The van der Waals surface area contributed by atoms with Gasteiger partial charge in [-0.15, -0.1) is 0 Å². The molecular formula is C19H28N2. The predicted molar refractivity (Wildman–Crippen MR) is 90.6 cm³/mol. The highest BCUT2D eigenvalue weighted by molar-refractivity contribution is 5.83. The minimum Gasteiger partial charge on any atom is -0.361 e. The van der Waals surface area contributed by atoms with Crippen molar-refractivity contribution in [3.05, 3.63) is 36.0 Å². The number of aromatic amines is 1. The molecule has 0 amide bonds. The van der Waals surface area contributed by atoms with E-state index in [0.717, 1.165) is 30.8 Å². The largest absolute Gasteiger partial charge is 0.361 e. The molecule has 2 aromatic rings. The lowest BCUT2D eigenvalue weighted by Gasteiger charge is -2.31. The fourth-order valence-electron chi connectivity index (χ4n) is 3.74. The van der Waals surface area contributed by atoms with Crippen LogP contribution in [0.3, 0.4) is 0 Å². The average Bonchev–Trinajstić information content (AvgIpc) is 2.91. The van der Waals surface area contributed by atoms with Crippen LogP contribution in [0.1, 0.15) is 45.1 Å². The molecule has 3 rings (SSSR count). The van der Waals surface area contributed by atoms with Crippen molar-refractivity contribution in [3.63, 3.8) is 0 Å². The van der Waals surface area contributed by atoms with Crippen molar-refractivity contribution in [2.45, 2.75) is 52.0 Å². The minimum absolute atomic E-state index is 0.741. The Labute approximate surface area is 128 Å². The first-order valence-corrected chi connectivity index (χ1v) is 8.52. The van der Waals surface area contributed by atoms with Crippen LogP contribution in [-0.2, 0) is 6.42 Å². The maximum absolute atomic E-state index is 3.77. The van der Waals surface area contributed by atoms with E-state index >= 15 is 0 Å². The van der Waals surface area contributed by atoms with Crippen LogP contribution in [-0.4, -0.2) is 17.6 Å². The molecule has 2 N–H and O–H groups in total. The van der Waals surface area contributed by atoms with Gasteiger partial charge in [0.15, 0.2) is 0 Å². The molecule has 1 aromatic carbocycles. The van der Waals surface area contributed by atoms with Crippen molar-refractivity contribution in [2.75, 3.05) is 6.54 Å². The molecule has 0 unspecified atom stereocenters. The van der Waals surface area contributed by atoms with Gasteiger partial charge in [0.05, 0.1) is 0 Å². The number of benzene rings is 1. The molecular weight excluding hydrogens is 256 g/mol. The van der Waals surface area contributed by atoms with Gasteiger partial charge >= 0.3 is 0 Å². The van der Waals surface area contributed by atoms with Gasteiger partial charge < -0.3 is 10.3 Å². The first-order chi connectivity index (χ1) is 10.2. The monoisotopic (exact) mass is 284 g/mol. The zero-order chi connectivity index (χ0) is 14.7. The Hall–Kier alpha value is -1.28. The first kappa shape index (κ1) is 14.6. The lowest BCUT2D eigenvalue weighted by atomic mass is 9.80. The fraction of sp³-hybridized carbons (Fsp3) is 0.579. The van der Waals surface area contributed by atoms with Crippen LogP contribution in [0.15, 0.2) is 30.5 Å². The van der Waals surface area contributed by atoms with E-state index in [4.69, 9.17) is 0 Å². The Morgan fingerprint density at radius 1 is 1.14 bits per heavy atom. The molecule has 0 spiro atoms. The van der Waals surface area contributed by atoms with Crippen LogP contribution < -0.4 is 5.32 Å². The highest BCUT2D eigenvalue weighted by atomic mass is 14.9. The Bertz CT molecular complexity index is 562. The van der Waals surface area contributed by atoms with E-state index < -0.39 is 0 Å². The van der Waals surface area contributed by atoms with E-state index in [1.165, 1.54) is 42.1 Å². The Kier molecular flexibility index (Phi) is 4.64. The minimum atomic E-state index is 0.741. The van der Waals surface area contributed by atoms with Crippen LogP contribution in [0.2, 0.25) is 0 Å². The summed E-state index contributed by atoms with van der Waals surface area (Å²) in [4.78, 5) is 3.37. The topological polar surface area (TPSA) is 27.8 Å². The summed E-state index contributed by atoms with van der Waals surface area (Å²) in [6.45, 7) is 5.84. The molecule has 1 saturated carbocycles. The Balaban J connectivity index is 1.47. The van der Waals surface area contributed by atoms with Crippen molar-refractivity contribution in [2.24, 2.45) is 11.8 Å². The fourth-order valence-corrected chi connectivity index (χ4v) is 3.74. The molecule has 0 radical (unpaired) electrons. The number of fused-ring (bicyclic) bond motifs is 1. The van der Waals surface area contributed by atoms with Gasteiger partial charge in [0.2, 0.25) is 0 Å². The highest BCUT2D eigenvalue weighted by Crippen LogP contribution is 2.29. The molecule has 2 nitrogen and oxygen atoms in total. The van der Waals surface area contributed by atoms with Crippen LogP contribution >= 0.6 is 0 Å². The third-order valence-electron chi connectivity index (χ3n) is 5.22. The van der Waals surface area contributed by atoms with E-state index in [0.29, 0.717) is 0 Å². The van der Waals surface area contributed by atoms with Crippen molar-refractivity contribution >= 4 is 10.9 Å². The van der Waals surface area contributed by atoms with E-state index in [9.17, 15) is 0 Å². The molecule has 1 aromatic heterocycles. The van der Waals surface area contributed by atoms with Gasteiger partial charge in [-0.3, -0.25) is 0 Å². The first-order valence-electron chi connectivity index (χ1n) is 8.52. The molecule has 2 heteroatoms. The Morgan fingerprint density at radius 2 is 1.90 bits per heavy atom. The molecule has 21 heavy (non-hydrogen) atoms. The van der Waals surface area contributed by atoms with E-state index in [2.05, 4.69) is 54.6 Å². The zero-order valence-electron chi connectivity index (χ0n) is 13.4. The third-order valence-corrected chi connectivity index (χ3v) is 5.22. The number of hydrogen-bond donors (Lipinski definition) is 2. The van der Waals surface area contributed by atoms with Gasteiger partial charge in [0.1, 0.15) is 0 Å². The van der Waals surface area contributed by atoms with Gasteiger partial charge in [-0.2, -0.15) is 0 Å². The van der Waals surface area contributed by atoms with Crippen LogP contribution in [0.4, 0.5) is 0 Å². The van der Waals surface area contributed by atoms with Crippen molar-refractivity contribution in [1.82, 2.24) is 10.3 Å². The van der Waals surface area contributed by atoms with Crippen molar-refractivity contribution < 1.29 is 0 Å². The second-order valence-corrected chi connectivity index (χ2v) is 6.92. The summed E-state index contributed by atoms with van der Waals surface area (Å²) in [5.74, 6) is 1.81. The summed E-state index contributed by atoms with van der Waals surface area (Å²) in [6.07, 6.45) is 8.81. The molecule has 1 aliphatic carbocycles. The molecule has 0 bridgehead atoms. The highest BCUT2D eigenvalue weighted by Gasteiger charge is 2.22. The van der Waals surface area contributed by atoms with E-state index in [1.54, 1.807) is 0 Å². The van der Waals surface area contributed by atoms with Gasteiger partial charge in [0, 0.05) is 23.1 Å². The zero-order valence-corrected chi connectivity index (χ0v) is 13.4. The normalized spacial score (nSPS) is 23.0.